The number of hydrogen-bond donors (Lipinski definition) is 0. The largest absolute Gasteiger partial charge is 0.488 e. The molecule has 4 rings (SSSR count). The van der Waals surface area contributed by atoms with Crippen molar-refractivity contribution >= 4 is 0 Å². The molecule has 3 nitrogen and oxygen atoms in total. The summed E-state index contributed by atoms with van der Waals surface area (Å²) in [7, 11) is 0. The highest BCUT2D eigenvalue weighted by Gasteiger charge is 2.27. The molecule has 0 bridgehead atoms. The maximum absolute atomic E-state index is 14.8. The van der Waals surface area contributed by atoms with Crippen LogP contribution in [0.4, 0.5) is 17.6 Å². The van der Waals surface area contributed by atoms with Gasteiger partial charge in [0, 0.05) is 0 Å². The molecule has 0 atom stereocenters. The van der Waals surface area contributed by atoms with Crippen molar-refractivity contribution in [3.8, 4) is 11.5 Å². The summed E-state index contributed by atoms with van der Waals surface area (Å²) in [4.78, 5) is 0. The molecule has 2 saturated carbocycles. The molecule has 0 aromatic heterocycles. The average molecular weight is 579 g/mol. The third-order valence-corrected chi connectivity index (χ3v) is 9.09. The summed E-state index contributed by atoms with van der Waals surface area (Å²) >= 11 is 0. The van der Waals surface area contributed by atoms with Gasteiger partial charge in [0.25, 0.3) is 0 Å². The zero-order chi connectivity index (χ0) is 29.2. The molecular weight excluding hydrogens is 532 g/mol. The molecule has 7 heteroatoms. The lowest BCUT2D eigenvalue weighted by atomic mass is 9.77. The topological polar surface area (TPSA) is 27.7 Å². The highest BCUT2D eigenvalue weighted by Crippen LogP contribution is 2.41. The van der Waals surface area contributed by atoms with Gasteiger partial charge in [0.15, 0.2) is 23.1 Å². The van der Waals surface area contributed by atoms with Crippen molar-refractivity contribution in [3.05, 3.63) is 58.7 Å². The van der Waals surface area contributed by atoms with Crippen LogP contribution < -0.4 is 9.47 Å². The van der Waals surface area contributed by atoms with E-state index in [4.69, 9.17) is 14.2 Å². The summed E-state index contributed by atoms with van der Waals surface area (Å²) in [5.74, 6) is -2.34. The molecule has 0 radical (unpaired) electrons. The maximum atomic E-state index is 14.8. The van der Waals surface area contributed by atoms with Crippen molar-refractivity contribution in [2.24, 2.45) is 11.8 Å². The van der Waals surface area contributed by atoms with Crippen LogP contribution >= 0.6 is 0 Å². The normalized spacial score (nSPS) is 23.0. The van der Waals surface area contributed by atoms with Crippen LogP contribution in [0.1, 0.15) is 114 Å². The first-order valence-electron chi connectivity index (χ1n) is 15.7. The standard InChI is InChI=1S/C34H46F4O3/c1-3-5-23-7-11-25(12-8-23)27-15-17-29(33(37)31(27)35)40-21-19-39-20-22-41-30-18-16-28(32(36)34(30)38)26-13-9-24(6-4-2)10-14-26/h15-18,23-26H,3-14,19-22H2,1-2H3. The van der Waals surface area contributed by atoms with Crippen molar-refractivity contribution in [1.29, 1.82) is 0 Å². The number of hydrogen-bond acceptors (Lipinski definition) is 3. The number of benzene rings is 2. The Morgan fingerprint density at radius 1 is 0.537 bits per heavy atom. The molecule has 2 aliphatic rings. The van der Waals surface area contributed by atoms with Crippen molar-refractivity contribution < 1.29 is 31.8 Å². The summed E-state index contributed by atoms with van der Waals surface area (Å²) in [6, 6.07) is 6.27. The summed E-state index contributed by atoms with van der Waals surface area (Å²) in [6.07, 6.45) is 12.5. The van der Waals surface area contributed by atoms with E-state index in [1.54, 1.807) is 12.1 Å². The Hall–Kier alpha value is -2.28. The highest BCUT2D eigenvalue weighted by atomic mass is 19.2. The van der Waals surface area contributed by atoms with E-state index in [9.17, 15) is 17.6 Å². The predicted octanol–water partition coefficient (Wildman–Crippen LogP) is 9.87. The van der Waals surface area contributed by atoms with Crippen molar-refractivity contribution in [1.82, 2.24) is 0 Å². The number of rotatable bonds is 14. The Kier molecular flexibility index (Phi) is 12.2. The van der Waals surface area contributed by atoms with Gasteiger partial charge >= 0.3 is 0 Å². The molecule has 2 aliphatic carbocycles. The molecule has 0 N–H and O–H groups in total. The fourth-order valence-electron chi connectivity index (χ4n) is 6.81. The quantitative estimate of drug-likeness (QED) is 0.165. The van der Waals surface area contributed by atoms with E-state index in [-0.39, 0.29) is 49.8 Å². The molecule has 0 heterocycles. The van der Waals surface area contributed by atoms with Gasteiger partial charge in [-0.05, 0) is 98.3 Å². The molecule has 228 valence electrons. The zero-order valence-corrected chi connectivity index (χ0v) is 24.7. The first-order valence-corrected chi connectivity index (χ1v) is 15.7. The fraction of sp³-hybridized carbons (Fsp3) is 0.647. The van der Waals surface area contributed by atoms with E-state index < -0.39 is 23.3 Å². The lowest BCUT2D eigenvalue weighted by Crippen LogP contribution is -2.16. The van der Waals surface area contributed by atoms with E-state index in [1.807, 2.05) is 0 Å². The molecule has 0 saturated heterocycles. The second-order valence-electron chi connectivity index (χ2n) is 11.9. The lowest BCUT2D eigenvalue weighted by Gasteiger charge is -2.29. The monoisotopic (exact) mass is 578 g/mol. The van der Waals surface area contributed by atoms with Gasteiger partial charge in [0.2, 0.25) is 11.6 Å². The van der Waals surface area contributed by atoms with Crippen LogP contribution in [-0.2, 0) is 4.74 Å². The van der Waals surface area contributed by atoms with Gasteiger partial charge < -0.3 is 14.2 Å². The molecule has 0 spiro atoms. The molecule has 2 fully saturated rings. The second-order valence-corrected chi connectivity index (χ2v) is 11.9. The van der Waals surface area contributed by atoms with E-state index in [2.05, 4.69) is 13.8 Å². The molecule has 41 heavy (non-hydrogen) atoms. The minimum absolute atomic E-state index is 0.0238. The van der Waals surface area contributed by atoms with E-state index in [0.29, 0.717) is 23.0 Å². The van der Waals surface area contributed by atoms with Crippen LogP contribution in [0.3, 0.4) is 0 Å². The van der Waals surface area contributed by atoms with Gasteiger partial charge in [0.05, 0.1) is 13.2 Å². The maximum Gasteiger partial charge on any atom is 0.200 e. The summed E-state index contributed by atoms with van der Waals surface area (Å²) < 4.78 is 75.2. The van der Waals surface area contributed by atoms with Crippen LogP contribution in [0.2, 0.25) is 0 Å². The third-order valence-electron chi connectivity index (χ3n) is 9.09. The Morgan fingerprint density at radius 2 is 0.927 bits per heavy atom. The average Bonchev–Trinajstić information content (AvgIpc) is 2.98. The summed E-state index contributed by atoms with van der Waals surface area (Å²) in [5, 5.41) is 0. The Labute approximate surface area is 243 Å². The van der Waals surface area contributed by atoms with E-state index in [1.165, 1.54) is 25.0 Å². The molecule has 2 aromatic rings. The van der Waals surface area contributed by atoms with Crippen molar-refractivity contribution in [2.75, 3.05) is 26.4 Å². The van der Waals surface area contributed by atoms with Gasteiger partial charge in [-0.3, -0.25) is 0 Å². The Balaban J connectivity index is 1.16. The molecule has 0 amide bonds. The smallest absolute Gasteiger partial charge is 0.200 e. The third kappa shape index (κ3) is 8.39. The van der Waals surface area contributed by atoms with Crippen LogP contribution in [0.15, 0.2) is 24.3 Å². The van der Waals surface area contributed by atoms with Crippen LogP contribution in [-0.4, -0.2) is 26.4 Å². The van der Waals surface area contributed by atoms with Crippen molar-refractivity contribution in [2.45, 2.75) is 103 Å². The van der Waals surface area contributed by atoms with Crippen LogP contribution in [0.25, 0.3) is 0 Å². The molecular formula is C34H46F4O3. The minimum atomic E-state index is -0.962. The molecule has 2 aromatic carbocycles. The first-order chi connectivity index (χ1) is 19.9. The molecule has 0 aliphatic heterocycles. The van der Waals surface area contributed by atoms with Gasteiger partial charge in [-0.1, -0.05) is 51.7 Å². The van der Waals surface area contributed by atoms with Gasteiger partial charge in [-0.25, -0.2) is 8.78 Å². The molecule has 0 unspecified atom stereocenters. The summed E-state index contributed by atoms with van der Waals surface area (Å²) in [5.41, 5.74) is 0.878. The van der Waals surface area contributed by atoms with Gasteiger partial charge in [0.1, 0.15) is 13.2 Å². The lowest BCUT2D eigenvalue weighted by molar-refractivity contribution is 0.0741. The SMILES string of the molecule is CCCC1CCC(c2ccc(OCCOCCOc3ccc(C4CCC(CCC)CC4)c(F)c3F)c(F)c2F)CC1. The van der Waals surface area contributed by atoms with Gasteiger partial charge in [-0.15, -0.1) is 0 Å². The second kappa shape index (κ2) is 15.8. The zero-order valence-electron chi connectivity index (χ0n) is 24.7. The van der Waals surface area contributed by atoms with E-state index >= 15 is 0 Å². The Bertz CT molecular complexity index is 1010. The van der Waals surface area contributed by atoms with Crippen LogP contribution in [0, 0.1) is 35.1 Å². The van der Waals surface area contributed by atoms with Gasteiger partial charge in [-0.2, -0.15) is 8.78 Å². The fourth-order valence-corrected chi connectivity index (χ4v) is 6.81. The Morgan fingerprint density at radius 3 is 1.29 bits per heavy atom. The summed E-state index contributed by atoms with van der Waals surface area (Å²) in [6.45, 7) is 4.64. The highest BCUT2D eigenvalue weighted by molar-refractivity contribution is 5.34. The first kappa shape index (κ1) is 31.7. The van der Waals surface area contributed by atoms with Crippen LogP contribution in [0.5, 0.6) is 11.5 Å². The predicted molar refractivity (Wildman–Crippen MR) is 154 cm³/mol. The number of halogens is 4. The van der Waals surface area contributed by atoms with Crippen molar-refractivity contribution in [3.63, 3.8) is 0 Å². The van der Waals surface area contributed by atoms with E-state index in [0.717, 1.165) is 64.2 Å². The number of ether oxygens (including phenoxy) is 3. The minimum Gasteiger partial charge on any atom is -0.488 e.